The number of hydrogen-bond acceptors (Lipinski definition) is 3. The van der Waals surface area contributed by atoms with E-state index in [-0.39, 0.29) is 18.5 Å². The van der Waals surface area contributed by atoms with Crippen molar-refractivity contribution in [2.75, 3.05) is 12.4 Å². The fraction of sp³-hybridized carbons (Fsp3) is 0.500. The van der Waals surface area contributed by atoms with Crippen LogP contribution < -0.4 is 5.32 Å². The molecule has 2 N–H and O–H groups in total. The van der Waals surface area contributed by atoms with E-state index >= 15 is 0 Å². The van der Waals surface area contributed by atoms with E-state index in [0.29, 0.717) is 17.3 Å². The Hall–Kier alpha value is -2.11. The van der Waals surface area contributed by atoms with Gasteiger partial charge in [0.2, 0.25) is 0 Å². The van der Waals surface area contributed by atoms with E-state index in [1.165, 1.54) is 19.0 Å². The molecule has 108 valence electrons. The highest BCUT2D eigenvalue weighted by Gasteiger charge is 2.32. The Bertz CT molecular complexity index is 497. The Morgan fingerprint density at radius 3 is 2.70 bits per heavy atom. The molecule has 6 nitrogen and oxygen atoms in total. The minimum Gasteiger partial charge on any atom is -0.481 e. The number of amides is 2. The lowest BCUT2D eigenvalue weighted by molar-refractivity contribution is -0.136. The summed E-state index contributed by atoms with van der Waals surface area (Å²) in [5, 5.41) is 11.4. The summed E-state index contributed by atoms with van der Waals surface area (Å²) in [7, 11) is 1.78. The van der Waals surface area contributed by atoms with Crippen molar-refractivity contribution in [3.05, 3.63) is 24.0 Å². The molecular weight excluding hydrogens is 258 g/mol. The molecule has 20 heavy (non-hydrogen) atoms. The third-order valence-corrected chi connectivity index (χ3v) is 3.64. The summed E-state index contributed by atoms with van der Waals surface area (Å²) in [5.74, 6) is -0.311. The number of nitrogens with one attached hydrogen (secondary N) is 1. The van der Waals surface area contributed by atoms with Gasteiger partial charge in [0.25, 0.3) is 0 Å². The number of aliphatic carboxylic acids is 1. The molecule has 1 aliphatic carbocycles. The highest BCUT2D eigenvalue weighted by atomic mass is 16.4. The van der Waals surface area contributed by atoms with E-state index in [1.807, 2.05) is 6.92 Å². The third kappa shape index (κ3) is 3.69. The molecule has 1 heterocycles. The van der Waals surface area contributed by atoms with Crippen LogP contribution in [0, 0.1) is 5.92 Å². The lowest BCUT2D eigenvalue weighted by Gasteiger charge is -2.25. The fourth-order valence-corrected chi connectivity index (χ4v) is 2.05. The zero-order valence-corrected chi connectivity index (χ0v) is 11.7. The van der Waals surface area contributed by atoms with Crippen LogP contribution in [-0.2, 0) is 11.2 Å². The van der Waals surface area contributed by atoms with Gasteiger partial charge in [-0.25, -0.2) is 4.79 Å². The smallest absolute Gasteiger partial charge is 0.321 e. The Kier molecular flexibility index (Phi) is 4.22. The van der Waals surface area contributed by atoms with Crippen LogP contribution >= 0.6 is 0 Å². The highest BCUT2D eigenvalue weighted by Crippen LogP contribution is 2.34. The second kappa shape index (κ2) is 5.90. The Morgan fingerprint density at radius 1 is 1.50 bits per heavy atom. The van der Waals surface area contributed by atoms with E-state index in [4.69, 9.17) is 5.11 Å². The Balaban J connectivity index is 1.91. The summed E-state index contributed by atoms with van der Waals surface area (Å²) in [6.45, 7) is 2.05. The average molecular weight is 277 g/mol. The number of rotatable bonds is 5. The number of carbonyl (C=O) groups excluding carboxylic acids is 1. The molecule has 1 atom stereocenters. The monoisotopic (exact) mass is 277 g/mol. The topological polar surface area (TPSA) is 82.5 Å². The van der Waals surface area contributed by atoms with Gasteiger partial charge in [-0.2, -0.15) is 0 Å². The van der Waals surface area contributed by atoms with Gasteiger partial charge < -0.3 is 15.3 Å². The Morgan fingerprint density at radius 2 is 2.20 bits per heavy atom. The van der Waals surface area contributed by atoms with Gasteiger partial charge >= 0.3 is 12.0 Å². The van der Waals surface area contributed by atoms with Crippen molar-refractivity contribution in [1.29, 1.82) is 0 Å². The van der Waals surface area contributed by atoms with Crippen LogP contribution in [0.5, 0.6) is 0 Å². The van der Waals surface area contributed by atoms with Crippen LogP contribution in [0.25, 0.3) is 0 Å². The highest BCUT2D eigenvalue weighted by molar-refractivity contribution is 5.89. The van der Waals surface area contributed by atoms with Crippen LogP contribution in [-0.4, -0.2) is 40.1 Å². The summed E-state index contributed by atoms with van der Waals surface area (Å²) in [4.78, 5) is 28.3. The molecule has 0 radical (unpaired) electrons. The van der Waals surface area contributed by atoms with Crippen molar-refractivity contribution in [1.82, 2.24) is 9.88 Å². The molecule has 0 spiro atoms. The van der Waals surface area contributed by atoms with Crippen molar-refractivity contribution >= 4 is 17.7 Å². The predicted molar refractivity (Wildman–Crippen MR) is 74.5 cm³/mol. The van der Waals surface area contributed by atoms with E-state index in [9.17, 15) is 9.59 Å². The number of pyridine rings is 1. The van der Waals surface area contributed by atoms with Gasteiger partial charge in [-0.3, -0.25) is 9.78 Å². The molecule has 0 aliphatic heterocycles. The lowest BCUT2D eigenvalue weighted by Crippen LogP contribution is -2.39. The van der Waals surface area contributed by atoms with Crippen molar-refractivity contribution in [2.45, 2.75) is 32.2 Å². The van der Waals surface area contributed by atoms with Crippen molar-refractivity contribution in [2.24, 2.45) is 5.92 Å². The molecule has 1 saturated carbocycles. The summed E-state index contributed by atoms with van der Waals surface area (Å²) in [5.41, 5.74) is 1.04. The normalized spacial score (nSPS) is 15.5. The van der Waals surface area contributed by atoms with E-state index in [2.05, 4.69) is 10.3 Å². The molecule has 1 aliphatic rings. The number of carboxylic acids is 1. The summed E-state index contributed by atoms with van der Waals surface area (Å²) in [6, 6.07) is 3.33. The van der Waals surface area contributed by atoms with Crippen LogP contribution in [0.3, 0.4) is 0 Å². The first-order valence-electron chi connectivity index (χ1n) is 6.68. The Labute approximate surface area is 117 Å². The van der Waals surface area contributed by atoms with Crippen molar-refractivity contribution < 1.29 is 14.7 Å². The van der Waals surface area contributed by atoms with Gasteiger partial charge in [-0.05, 0) is 37.8 Å². The quantitative estimate of drug-likeness (QED) is 0.862. The summed E-state index contributed by atoms with van der Waals surface area (Å²) >= 11 is 0. The van der Waals surface area contributed by atoms with Gasteiger partial charge in [-0.15, -0.1) is 0 Å². The average Bonchev–Trinajstić information content (AvgIpc) is 3.23. The van der Waals surface area contributed by atoms with Gasteiger partial charge in [0.1, 0.15) is 0 Å². The molecule has 1 fully saturated rings. The van der Waals surface area contributed by atoms with Crippen molar-refractivity contribution in [3.63, 3.8) is 0 Å². The van der Waals surface area contributed by atoms with Crippen LogP contribution in [0.4, 0.5) is 10.5 Å². The molecular formula is C14H19N3O3. The first kappa shape index (κ1) is 14.3. The summed E-state index contributed by atoms with van der Waals surface area (Å²) < 4.78 is 0. The predicted octanol–water partition coefficient (Wildman–Crippen LogP) is 1.97. The van der Waals surface area contributed by atoms with Gasteiger partial charge in [0, 0.05) is 13.1 Å². The largest absolute Gasteiger partial charge is 0.481 e. The van der Waals surface area contributed by atoms with E-state index in [0.717, 1.165) is 0 Å². The van der Waals surface area contributed by atoms with Gasteiger partial charge in [-0.1, -0.05) is 0 Å². The van der Waals surface area contributed by atoms with Gasteiger partial charge in [0.05, 0.1) is 24.0 Å². The molecule has 2 rings (SSSR count). The molecule has 0 bridgehead atoms. The zero-order valence-electron chi connectivity index (χ0n) is 11.7. The molecule has 0 aromatic carbocycles. The number of hydrogen-bond donors (Lipinski definition) is 2. The SMILES string of the molecule is CC(C1CC1)N(C)C(=O)Nc1ccc(CC(=O)O)nc1. The number of carboxylic acid groups (broad SMARTS) is 1. The van der Waals surface area contributed by atoms with Crippen LogP contribution in [0.1, 0.15) is 25.5 Å². The second-order valence-electron chi connectivity index (χ2n) is 5.23. The minimum atomic E-state index is -0.924. The summed E-state index contributed by atoms with van der Waals surface area (Å²) in [6.07, 6.45) is 3.73. The maximum Gasteiger partial charge on any atom is 0.321 e. The van der Waals surface area contributed by atoms with Gasteiger partial charge in [0.15, 0.2) is 0 Å². The standard InChI is InChI=1S/C14H19N3O3/c1-9(10-3-4-10)17(2)14(20)16-12-6-5-11(15-8-12)7-13(18)19/h5-6,8-10H,3-4,7H2,1-2H3,(H,16,20)(H,18,19). The van der Waals surface area contributed by atoms with Crippen LogP contribution in [0.15, 0.2) is 18.3 Å². The minimum absolute atomic E-state index is 0.118. The fourth-order valence-electron chi connectivity index (χ4n) is 2.05. The number of anilines is 1. The first-order valence-corrected chi connectivity index (χ1v) is 6.68. The number of carbonyl (C=O) groups is 2. The molecule has 6 heteroatoms. The molecule has 0 saturated heterocycles. The van der Waals surface area contributed by atoms with E-state index in [1.54, 1.807) is 24.1 Å². The first-order chi connectivity index (χ1) is 9.47. The second-order valence-corrected chi connectivity index (χ2v) is 5.23. The lowest BCUT2D eigenvalue weighted by atomic mass is 10.2. The molecule has 1 aromatic heterocycles. The number of aromatic nitrogens is 1. The van der Waals surface area contributed by atoms with Crippen LogP contribution in [0.2, 0.25) is 0 Å². The maximum absolute atomic E-state index is 12.0. The van der Waals surface area contributed by atoms with E-state index < -0.39 is 5.97 Å². The molecule has 1 unspecified atom stereocenters. The number of nitrogens with zero attached hydrogens (tertiary/aromatic N) is 2. The maximum atomic E-state index is 12.0. The number of urea groups is 1. The molecule has 1 aromatic rings. The third-order valence-electron chi connectivity index (χ3n) is 3.64. The zero-order chi connectivity index (χ0) is 14.7. The van der Waals surface area contributed by atoms with Crippen molar-refractivity contribution in [3.8, 4) is 0 Å². The molecule has 2 amide bonds.